The van der Waals surface area contributed by atoms with Gasteiger partial charge in [-0.2, -0.15) is 0 Å². The first-order valence-electron chi connectivity index (χ1n) is 6.38. The van der Waals surface area contributed by atoms with E-state index in [-0.39, 0.29) is 0 Å². The molecule has 0 radical (unpaired) electrons. The first-order chi connectivity index (χ1) is 7.97. The molecule has 1 aliphatic rings. The van der Waals surface area contributed by atoms with E-state index in [0.717, 1.165) is 0 Å². The lowest BCUT2D eigenvalue weighted by Crippen LogP contribution is -1.86. The molecule has 0 aromatic heterocycles. The lowest BCUT2D eigenvalue weighted by atomic mass is 9.98. The molecule has 1 aromatic rings. The van der Waals surface area contributed by atoms with Crippen molar-refractivity contribution in [3.8, 4) is 0 Å². The van der Waals surface area contributed by atoms with E-state index in [2.05, 4.69) is 48.6 Å². The Hall–Kier alpha value is -1.30. The minimum atomic E-state index is 1.18. The summed E-state index contributed by atoms with van der Waals surface area (Å²) in [5.74, 6) is 0. The monoisotopic (exact) mass is 216 g/mol. The van der Waals surface area contributed by atoms with Crippen LogP contribution in [0.15, 0.2) is 48.6 Å². The zero-order valence-corrected chi connectivity index (χ0v) is 11.0. The summed E-state index contributed by atoms with van der Waals surface area (Å²) in [5, 5.41) is 0. The number of allylic oxidation sites excluding steroid dienone is 4. The Morgan fingerprint density at radius 2 is 1.50 bits per heavy atom. The van der Waals surface area contributed by atoms with Crippen LogP contribution in [-0.2, 0) is 0 Å². The van der Waals surface area contributed by atoms with Crippen LogP contribution in [0.1, 0.15) is 46.1 Å². The fourth-order valence-electron chi connectivity index (χ4n) is 1.50. The van der Waals surface area contributed by atoms with Crippen LogP contribution >= 0.6 is 0 Å². The lowest BCUT2D eigenvalue weighted by Gasteiger charge is -2.08. The molecule has 88 valence electrons. The minimum absolute atomic E-state index is 1.18. The Bertz CT molecular complexity index is 304. The Balaban J connectivity index is 0.000000509. The maximum Gasteiger partial charge on any atom is -0.0224 e. The van der Waals surface area contributed by atoms with E-state index in [1.165, 1.54) is 24.0 Å². The Morgan fingerprint density at radius 3 is 2.00 bits per heavy atom. The first-order valence-corrected chi connectivity index (χ1v) is 6.38. The third kappa shape index (κ3) is 4.97. The molecule has 2 rings (SSSR count). The highest BCUT2D eigenvalue weighted by molar-refractivity contribution is 5.67. The molecule has 1 aliphatic carbocycles. The predicted octanol–water partition coefficient (Wildman–Crippen LogP) is 5.47. The van der Waals surface area contributed by atoms with Gasteiger partial charge in [0.2, 0.25) is 0 Å². The Kier molecular flexibility index (Phi) is 9.39. The maximum absolute atomic E-state index is 2.21. The molecule has 0 bridgehead atoms. The van der Waals surface area contributed by atoms with Gasteiger partial charge in [-0.25, -0.2) is 0 Å². The Morgan fingerprint density at radius 1 is 0.875 bits per heavy atom. The van der Waals surface area contributed by atoms with Gasteiger partial charge in [0.25, 0.3) is 0 Å². The first kappa shape index (κ1) is 14.7. The summed E-state index contributed by atoms with van der Waals surface area (Å²) in [7, 11) is 0. The van der Waals surface area contributed by atoms with Crippen LogP contribution in [0.2, 0.25) is 0 Å². The molecule has 0 atom stereocenters. The van der Waals surface area contributed by atoms with Crippen molar-refractivity contribution in [1.29, 1.82) is 0 Å². The van der Waals surface area contributed by atoms with Gasteiger partial charge in [-0.3, -0.25) is 0 Å². The number of hydrogen-bond donors (Lipinski definition) is 0. The quantitative estimate of drug-likeness (QED) is 0.583. The van der Waals surface area contributed by atoms with Crippen molar-refractivity contribution in [2.75, 3.05) is 0 Å². The maximum atomic E-state index is 2.21. The van der Waals surface area contributed by atoms with E-state index in [1.54, 1.807) is 0 Å². The van der Waals surface area contributed by atoms with Gasteiger partial charge in [0, 0.05) is 0 Å². The highest BCUT2D eigenvalue weighted by Crippen LogP contribution is 2.22. The van der Waals surface area contributed by atoms with E-state index in [0.29, 0.717) is 0 Å². The third-order valence-electron chi connectivity index (χ3n) is 2.16. The van der Waals surface area contributed by atoms with E-state index in [1.807, 2.05) is 27.7 Å². The van der Waals surface area contributed by atoms with Crippen LogP contribution in [-0.4, -0.2) is 0 Å². The van der Waals surface area contributed by atoms with Gasteiger partial charge >= 0.3 is 0 Å². The molecule has 0 spiro atoms. The number of rotatable bonds is 1. The van der Waals surface area contributed by atoms with Crippen molar-refractivity contribution < 1.29 is 0 Å². The predicted molar refractivity (Wildman–Crippen MR) is 75.5 cm³/mol. The van der Waals surface area contributed by atoms with E-state index in [4.69, 9.17) is 0 Å². The number of benzene rings is 1. The van der Waals surface area contributed by atoms with Gasteiger partial charge in [-0.1, -0.05) is 76.3 Å². The van der Waals surface area contributed by atoms with Gasteiger partial charge in [0.05, 0.1) is 0 Å². The summed E-state index contributed by atoms with van der Waals surface area (Å²) >= 11 is 0. The standard InChI is InChI=1S/C12H12.2C2H6/c1-3-7-11(8-4-1)12-9-5-2-6-10-12;2*1-2/h1-5,7-9H,6,10H2;2*1-2H3. The van der Waals surface area contributed by atoms with Crippen molar-refractivity contribution in [2.24, 2.45) is 0 Å². The third-order valence-corrected chi connectivity index (χ3v) is 2.16. The van der Waals surface area contributed by atoms with Gasteiger partial charge in [0.1, 0.15) is 0 Å². The largest absolute Gasteiger partial charge is 0.0842 e. The molecule has 0 unspecified atom stereocenters. The molecular formula is C16H24. The summed E-state index contributed by atoms with van der Waals surface area (Å²) in [6.07, 6.45) is 8.93. The molecule has 0 saturated carbocycles. The molecule has 0 N–H and O–H groups in total. The summed E-state index contributed by atoms with van der Waals surface area (Å²) in [5.41, 5.74) is 2.82. The molecule has 16 heavy (non-hydrogen) atoms. The molecule has 0 heterocycles. The van der Waals surface area contributed by atoms with Crippen molar-refractivity contribution >= 4 is 5.57 Å². The highest BCUT2D eigenvalue weighted by Gasteiger charge is 2.00. The van der Waals surface area contributed by atoms with Crippen LogP contribution in [0.5, 0.6) is 0 Å². The molecule has 0 saturated heterocycles. The second kappa shape index (κ2) is 10.2. The average Bonchev–Trinajstić information content (AvgIpc) is 2.45. The van der Waals surface area contributed by atoms with Gasteiger partial charge in [-0.15, -0.1) is 0 Å². The summed E-state index contributed by atoms with van der Waals surface area (Å²) in [6.45, 7) is 8.00. The fourth-order valence-corrected chi connectivity index (χ4v) is 1.50. The van der Waals surface area contributed by atoms with Gasteiger partial charge in [0.15, 0.2) is 0 Å². The topological polar surface area (TPSA) is 0 Å². The van der Waals surface area contributed by atoms with Gasteiger partial charge in [-0.05, 0) is 24.0 Å². The second-order valence-electron chi connectivity index (χ2n) is 3.02. The molecule has 0 amide bonds. The van der Waals surface area contributed by atoms with Crippen LogP contribution < -0.4 is 0 Å². The highest BCUT2D eigenvalue weighted by atomic mass is 14.1. The Labute approximate surface area is 101 Å². The van der Waals surface area contributed by atoms with Crippen molar-refractivity contribution in [2.45, 2.75) is 40.5 Å². The lowest BCUT2D eigenvalue weighted by molar-refractivity contribution is 1.05. The van der Waals surface area contributed by atoms with Crippen LogP contribution in [0, 0.1) is 0 Å². The second-order valence-corrected chi connectivity index (χ2v) is 3.02. The molecular weight excluding hydrogens is 192 g/mol. The van der Waals surface area contributed by atoms with Crippen molar-refractivity contribution in [3.05, 3.63) is 54.1 Å². The number of hydrogen-bond acceptors (Lipinski definition) is 0. The summed E-state index contributed by atoms with van der Waals surface area (Å²) < 4.78 is 0. The van der Waals surface area contributed by atoms with Crippen molar-refractivity contribution in [1.82, 2.24) is 0 Å². The van der Waals surface area contributed by atoms with Crippen molar-refractivity contribution in [3.63, 3.8) is 0 Å². The fraction of sp³-hybridized carbons (Fsp3) is 0.375. The minimum Gasteiger partial charge on any atom is -0.0842 e. The zero-order chi connectivity index (χ0) is 12.2. The molecule has 1 aromatic carbocycles. The zero-order valence-electron chi connectivity index (χ0n) is 11.0. The summed E-state index contributed by atoms with van der Waals surface area (Å²) in [6, 6.07) is 10.6. The average molecular weight is 216 g/mol. The smallest absolute Gasteiger partial charge is 0.0224 e. The molecule has 0 aliphatic heterocycles. The molecule has 0 heteroatoms. The molecule has 0 nitrogen and oxygen atoms in total. The van der Waals surface area contributed by atoms with E-state index < -0.39 is 0 Å². The van der Waals surface area contributed by atoms with Crippen LogP contribution in [0.25, 0.3) is 5.57 Å². The van der Waals surface area contributed by atoms with Crippen LogP contribution in [0.4, 0.5) is 0 Å². The molecule has 0 fully saturated rings. The van der Waals surface area contributed by atoms with Gasteiger partial charge < -0.3 is 0 Å². The van der Waals surface area contributed by atoms with E-state index in [9.17, 15) is 0 Å². The summed E-state index contributed by atoms with van der Waals surface area (Å²) in [4.78, 5) is 0. The van der Waals surface area contributed by atoms with E-state index >= 15 is 0 Å². The normalized spacial score (nSPS) is 12.6. The SMILES string of the molecule is C1=CCCC(c2ccccc2)=C1.CC.CC. The van der Waals surface area contributed by atoms with Crippen LogP contribution in [0.3, 0.4) is 0 Å².